The molecule has 0 radical (unpaired) electrons. The number of nitrogens with one attached hydrogen (secondary N) is 1. The van der Waals surface area contributed by atoms with Crippen LogP contribution in [0.25, 0.3) is 0 Å². The lowest BCUT2D eigenvalue weighted by Gasteiger charge is -2.31. The Labute approximate surface area is 187 Å². The third-order valence-electron chi connectivity index (χ3n) is 5.04. The van der Waals surface area contributed by atoms with Crippen molar-refractivity contribution in [3.05, 3.63) is 65.7 Å². The van der Waals surface area contributed by atoms with Gasteiger partial charge in [-0.05, 0) is 44.0 Å². The summed E-state index contributed by atoms with van der Waals surface area (Å²) in [6.07, 6.45) is -0.518. The van der Waals surface area contributed by atoms with Crippen molar-refractivity contribution in [1.29, 1.82) is 0 Å². The molecule has 0 bridgehead atoms. The summed E-state index contributed by atoms with van der Waals surface area (Å²) in [6, 6.07) is 16.6. The van der Waals surface area contributed by atoms with Gasteiger partial charge in [-0.25, -0.2) is 4.79 Å². The maximum Gasteiger partial charge on any atom is 0.408 e. The first-order valence-corrected chi connectivity index (χ1v) is 10.4. The molecule has 1 aliphatic rings. The van der Waals surface area contributed by atoms with Crippen molar-refractivity contribution in [3.8, 4) is 5.75 Å². The van der Waals surface area contributed by atoms with Crippen LogP contribution in [0.3, 0.4) is 0 Å². The Hall–Kier alpha value is -3.55. The van der Waals surface area contributed by atoms with E-state index in [0.29, 0.717) is 17.9 Å². The summed E-state index contributed by atoms with van der Waals surface area (Å²) in [4.78, 5) is 38.2. The monoisotopic (exact) mass is 440 g/mol. The Bertz CT molecular complexity index is 968. The largest absolute Gasteiger partial charge is 0.489 e. The Balaban J connectivity index is 1.82. The van der Waals surface area contributed by atoms with Crippen LogP contribution in [0.1, 0.15) is 38.3 Å². The van der Waals surface area contributed by atoms with Gasteiger partial charge in [-0.15, -0.1) is 0 Å². The highest BCUT2D eigenvalue weighted by atomic mass is 16.6. The zero-order chi connectivity index (χ0) is 23.4. The summed E-state index contributed by atoms with van der Waals surface area (Å²) in [5, 5.41) is 11.8. The van der Waals surface area contributed by atoms with Gasteiger partial charge in [0, 0.05) is 13.0 Å². The molecule has 170 valence electrons. The molecule has 2 aromatic carbocycles. The van der Waals surface area contributed by atoms with Crippen LogP contribution in [0.15, 0.2) is 54.6 Å². The number of ether oxygens (including phenoxy) is 2. The summed E-state index contributed by atoms with van der Waals surface area (Å²) in [6.45, 7) is 5.34. The van der Waals surface area contributed by atoms with Crippen LogP contribution in [0.4, 0.5) is 4.79 Å². The molecule has 1 aliphatic heterocycles. The smallest absolute Gasteiger partial charge is 0.408 e. The van der Waals surface area contributed by atoms with Gasteiger partial charge >= 0.3 is 12.1 Å². The Kier molecular flexibility index (Phi) is 6.72. The van der Waals surface area contributed by atoms with Gasteiger partial charge in [0.2, 0.25) is 0 Å². The summed E-state index contributed by atoms with van der Waals surface area (Å²) in [5.41, 5.74) is -0.596. The molecule has 1 fully saturated rings. The number of aliphatic carboxylic acids is 1. The minimum Gasteiger partial charge on any atom is -0.489 e. The van der Waals surface area contributed by atoms with Gasteiger partial charge in [0.25, 0.3) is 5.91 Å². The zero-order valence-electron chi connectivity index (χ0n) is 18.5. The highest BCUT2D eigenvalue weighted by molar-refractivity contribution is 5.94. The minimum absolute atomic E-state index is 0.202. The topological polar surface area (TPSA) is 105 Å². The molecular formula is C24H28N2O6. The number of carbonyl (C=O) groups excluding carboxylic acids is 2. The van der Waals surface area contributed by atoms with Gasteiger partial charge < -0.3 is 24.8 Å². The van der Waals surface area contributed by atoms with E-state index < -0.39 is 35.7 Å². The second-order valence-corrected chi connectivity index (χ2v) is 8.70. The van der Waals surface area contributed by atoms with Gasteiger partial charge in [0.1, 0.15) is 30.0 Å². The Morgan fingerprint density at radius 3 is 2.34 bits per heavy atom. The number of hydrogen-bond donors (Lipinski definition) is 2. The fourth-order valence-electron chi connectivity index (χ4n) is 3.61. The van der Waals surface area contributed by atoms with Crippen molar-refractivity contribution in [2.45, 2.75) is 44.9 Å². The predicted octanol–water partition coefficient (Wildman–Crippen LogP) is 3.30. The number of carbonyl (C=O) groups is 3. The molecule has 0 spiro atoms. The molecule has 2 N–H and O–H groups in total. The molecule has 32 heavy (non-hydrogen) atoms. The number of carboxylic acid groups (broad SMARTS) is 1. The van der Waals surface area contributed by atoms with Crippen LogP contribution in [-0.4, -0.2) is 46.7 Å². The number of amides is 2. The van der Waals surface area contributed by atoms with Crippen LogP contribution >= 0.6 is 0 Å². The first-order chi connectivity index (χ1) is 15.1. The van der Waals surface area contributed by atoms with E-state index in [1.165, 1.54) is 4.90 Å². The van der Waals surface area contributed by atoms with Crippen molar-refractivity contribution in [2.24, 2.45) is 0 Å². The molecular weight excluding hydrogens is 412 g/mol. The van der Waals surface area contributed by atoms with E-state index >= 15 is 0 Å². The molecule has 1 heterocycles. The van der Waals surface area contributed by atoms with Gasteiger partial charge in [0.05, 0.1) is 0 Å². The summed E-state index contributed by atoms with van der Waals surface area (Å²) in [5.74, 6) is -0.988. The van der Waals surface area contributed by atoms with E-state index in [1.54, 1.807) is 45.0 Å². The minimum atomic E-state index is -1.41. The number of benzene rings is 2. The normalized spacial score (nSPS) is 18.3. The van der Waals surface area contributed by atoms with E-state index in [9.17, 15) is 14.4 Å². The maximum atomic E-state index is 13.2. The molecule has 3 rings (SSSR count). The molecule has 0 aromatic heterocycles. The maximum absolute atomic E-state index is 13.2. The molecule has 0 saturated carbocycles. The Morgan fingerprint density at radius 2 is 1.75 bits per heavy atom. The quantitative estimate of drug-likeness (QED) is 0.684. The lowest BCUT2D eigenvalue weighted by Crippen LogP contribution is -2.53. The molecule has 2 aromatic rings. The fraction of sp³-hybridized carbons (Fsp3) is 0.375. The lowest BCUT2D eigenvalue weighted by atomic mass is 9.88. The highest BCUT2D eigenvalue weighted by Crippen LogP contribution is 2.35. The van der Waals surface area contributed by atoms with Crippen molar-refractivity contribution < 1.29 is 29.0 Å². The molecule has 8 nitrogen and oxygen atoms in total. The lowest BCUT2D eigenvalue weighted by molar-refractivity contribution is -0.144. The molecule has 1 saturated heterocycles. The fourth-order valence-corrected chi connectivity index (χ4v) is 3.61. The van der Waals surface area contributed by atoms with E-state index in [2.05, 4.69) is 5.32 Å². The second-order valence-electron chi connectivity index (χ2n) is 8.70. The van der Waals surface area contributed by atoms with Crippen molar-refractivity contribution >= 4 is 18.0 Å². The highest BCUT2D eigenvalue weighted by Gasteiger charge is 2.50. The van der Waals surface area contributed by atoms with Crippen LogP contribution in [-0.2, 0) is 26.5 Å². The SMILES string of the molecule is CC(C)(C)OC(=O)NC1(c2ccc(OCc3ccccc3)cc2)CCN(CC(=O)O)C1=O. The van der Waals surface area contributed by atoms with Crippen molar-refractivity contribution in [1.82, 2.24) is 10.2 Å². The van der Waals surface area contributed by atoms with Gasteiger partial charge in [-0.2, -0.15) is 0 Å². The first-order valence-electron chi connectivity index (χ1n) is 10.4. The number of rotatable bonds is 7. The third kappa shape index (κ3) is 5.57. The summed E-state index contributed by atoms with van der Waals surface area (Å²) in [7, 11) is 0. The number of carboxylic acids is 1. The number of alkyl carbamates (subject to hydrolysis) is 1. The second kappa shape index (κ2) is 9.30. The predicted molar refractivity (Wildman–Crippen MR) is 117 cm³/mol. The van der Waals surface area contributed by atoms with Gasteiger partial charge in [-0.1, -0.05) is 42.5 Å². The van der Waals surface area contributed by atoms with Crippen LogP contribution in [0.5, 0.6) is 5.75 Å². The van der Waals surface area contributed by atoms with Gasteiger partial charge in [0.15, 0.2) is 0 Å². The third-order valence-corrected chi connectivity index (χ3v) is 5.04. The average molecular weight is 440 g/mol. The molecule has 1 unspecified atom stereocenters. The van der Waals surface area contributed by atoms with Gasteiger partial charge in [-0.3, -0.25) is 9.59 Å². The molecule has 8 heteroatoms. The summed E-state index contributed by atoms with van der Waals surface area (Å²) < 4.78 is 11.2. The number of nitrogens with zero attached hydrogens (tertiary/aromatic N) is 1. The Morgan fingerprint density at radius 1 is 1.09 bits per heavy atom. The first kappa shape index (κ1) is 23.1. The average Bonchev–Trinajstić information content (AvgIpc) is 3.02. The van der Waals surface area contributed by atoms with E-state index in [1.807, 2.05) is 30.3 Å². The van der Waals surface area contributed by atoms with Crippen molar-refractivity contribution in [3.63, 3.8) is 0 Å². The van der Waals surface area contributed by atoms with E-state index in [0.717, 1.165) is 5.56 Å². The molecule has 2 amide bonds. The number of hydrogen-bond acceptors (Lipinski definition) is 5. The number of likely N-dealkylation sites (tertiary alicyclic amines) is 1. The zero-order valence-corrected chi connectivity index (χ0v) is 18.5. The molecule has 0 aliphatic carbocycles. The van der Waals surface area contributed by atoms with Crippen LogP contribution < -0.4 is 10.1 Å². The van der Waals surface area contributed by atoms with Crippen LogP contribution in [0.2, 0.25) is 0 Å². The van der Waals surface area contributed by atoms with E-state index in [4.69, 9.17) is 14.6 Å². The standard InChI is InChI=1S/C24H28N2O6/c1-23(2,3)32-22(30)25-24(13-14-26(21(24)29)15-20(27)28)18-9-11-19(12-10-18)31-16-17-7-5-4-6-8-17/h4-12H,13-16H2,1-3H3,(H,25,30)(H,27,28). The summed E-state index contributed by atoms with van der Waals surface area (Å²) >= 11 is 0. The van der Waals surface area contributed by atoms with E-state index in [-0.39, 0.29) is 13.0 Å². The van der Waals surface area contributed by atoms with Crippen LogP contribution in [0, 0.1) is 0 Å². The molecule has 1 atom stereocenters. The van der Waals surface area contributed by atoms with Crippen molar-refractivity contribution in [2.75, 3.05) is 13.1 Å².